The number of primary amides is 1. The molecule has 0 unspecified atom stereocenters. The third-order valence-corrected chi connectivity index (χ3v) is 1.06. The maximum Gasteiger partial charge on any atom is 0.204 e. The molecule has 2 N–H and O–H groups in total. The minimum atomic E-state index is 0.250. The van der Waals surface area contributed by atoms with Gasteiger partial charge in [-0.1, -0.05) is 0 Å². The normalized spacial score (nSPS) is 7.80. The van der Waals surface area contributed by atoms with E-state index in [9.17, 15) is 0 Å². The van der Waals surface area contributed by atoms with Crippen LogP contribution in [-0.2, 0) is 11.8 Å². The second-order valence-corrected chi connectivity index (χ2v) is 1.72. The fourth-order valence-corrected chi connectivity index (χ4v) is 0.440. The Balaban J connectivity index is 0.000000236. The molecule has 1 rings (SSSR count). The standard InChI is InChI=1S/C5H8N2.CH3NO/c1-5-6-3-4-7(5)2;2-1-3/h3-4H,1-2H3;1H,(H2,2,3). The summed E-state index contributed by atoms with van der Waals surface area (Å²) in [4.78, 5) is 12.6. The number of hydrogen-bond acceptors (Lipinski definition) is 2. The Labute approximate surface area is 59.7 Å². The molecular formula is C6H11N3O. The van der Waals surface area contributed by atoms with Gasteiger partial charge in [-0.05, 0) is 6.92 Å². The Bertz CT molecular complexity index is 178. The van der Waals surface area contributed by atoms with E-state index in [1.54, 1.807) is 6.20 Å². The molecule has 0 aliphatic rings. The summed E-state index contributed by atoms with van der Waals surface area (Å²) >= 11 is 0. The van der Waals surface area contributed by atoms with E-state index in [4.69, 9.17) is 4.79 Å². The predicted molar refractivity (Wildman–Crippen MR) is 38.2 cm³/mol. The fourth-order valence-electron chi connectivity index (χ4n) is 0.440. The molecule has 0 fully saturated rings. The summed E-state index contributed by atoms with van der Waals surface area (Å²) in [5.74, 6) is 1.06. The highest BCUT2D eigenvalue weighted by Crippen LogP contribution is 1.86. The number of rotatable bonds is 0. The summed E-state index contributed by atoms with van der Waals surface area (Å²) < 4.78 is 1.97. The molecule has 0 aliphatic carbocycles. The summed E-state index contributed by atoms with van der Waals surface area (Å²) in [7, 11) is 1.97. The quantitative estimate of drug-likeness (QED) is 0.510. The number of amides is 1. The fraction of sp³-hybridized carbons (Fsp3) is 0.333. The zero-order valence-electron chi connectivity index (χ0n) is 6.11. The highest BCUT2D eigenvalue weighted by molar-refractivity contribution is 5.42. The number of carbonyl (C=O) groups excluding carboxylic acids is 1. The van der Waals surface area contributed by atoms with Gasteiger partial charge in [0, 0.05) is 19.4 Å². The minimum Gasteiger partial charge on any atom is -0.372 e. The molecule has 10 heavy (non-hydrogen) atoms. The number of nitrogens with zero attached hydrogens (tertiary/aromatic N) is 2. The Morgan fingerprint density at radius 1 is 1.80 bits per heavy atom. The van der Waals surface area contributed by atoms with Crippen molar-refractivity contribution in [3.05, 3.63) is 18.2 Å². The predicted octanol–water partition coefficient (Wildman–Crippen LogP) is -0.170. The Hall–Kier alpha value is -1.32. The van der Waals surface area contributed by atoms with E-state index in [2.05, 4.69) is 10.7 Å². The molecule has 0 bridgehead atoms. The van der Waals surface area contributed by atoms with Crippen LogP contribution in [-0.4, -0.2) is 16.0 Å². The average molecular weight is 141 g/mol. The molecular weight excluding hydrogens is 130 g/mol. The number of imidazole rings is 1. The van der Waals surface area contributed by atoms with Crippen molar-refractivity contribution in [3.8, 4) is 0 Å². The van der Waals surface area contributed by atoms with Gasteiger partial charge in [0.15, 0.2) is 0 Å². The highest BCUT2D eigenvalue weighted by Gasteiger charge is 1.83. The van der Waals surface area contributed by atoms with Crippen LogP contribution in [0, 0.1) is 6.92 Å². The Morgan fingerprint density at radius 2 is 2.30 bits per heavy atom. The van der Waals surface area contributed by atoms with E-state index in [-0.39, 0.29) is 6.41 Å². The van der Waals surface area contributed by atoms with Gasteiger partial charge < -0.3 is 10.3 Å². The SMILES string of the molecule is Cc1nccn1C.NC=O. The van der Waals surface area contributed by atoms with Crippen LogP contribution in [0.1, 0.15) is 5.82 Å². The molecule has 56 valence electrons. The van der Waals surface area contributed by atoms with Crippen molar-refractivity contribution >= 4 is 6.41 Å². The Morgan fingerprint density at radius 3 is 2.40 bits per heavy atom. The van der Waals surface area contributed by atoms with Gasteiger partial charge in [-0.25, -0.2) is 4.98 Å². The topological polar surface area (TPSA) is 60.9 Å². The first-order chi connectivity index (χ1) is 4.72. The largest absolute Gasteiger partial charge is 0.372 e. The highest BCUT2D eigenvalue weighted by atomic mass is 16.1. The summed E-state index contributed by atoms with van der Waals surface area (Å²) in [6.07, 6.45) is 3.96. The van der Waals surface area contributed by atoms with Crippen LogP contribution in [0.4, 0.5) is 0 Å². The lowest BCUT2D eigenvalue weighted by molar-refractivity contribution is -0.106. The zero-order valence-corrected chi connectivity index (χ0v) is 6.11. The first-order valence-electron chi connectivity index (χ1n) is 2.81. The van der Waals surface area contributed by atoms with Crippen molar-refractivity contribution in [2.45, 2.75) is 6.92 Å². The van der Waals surface area contributed by atoms with Crippen molar-refractivity contribution in [1.82, 2.24) is 9.55 Å². The lowest BCUT2D eigenvalue weighted by atomic mass is 10.7. The van der Waals surface area contributed by atoms with Crippen LogP contribution in [0.5, 0.6) is 0 Å². The first-order valence-corrected chi connectivity index (χ1v) is 2.81. The van der Waals surface area contributed by atoms with Gasteiger partial charge in [-0.15, -0.1) is 0 Å². The molecule has 0 spiro atoms. The number of carbonyl (C=O) groups is 1. The van der Waals surface area contributed by atoms with Gasteiger partial charge in [0.2, 0.25) is 6.41 Å². The third kappa shape index (κ3) is 2.86. The van der Waals surface area contributed by atoms with E-state index >= 15 is 0 Å². The molecule has 1 aromatic heterocycles. The maximum atomic E-state index is 8.58. The molecule has 0 saturated heterocycles. The van der Waals surface area contributed by atoms with Gasteiger partial charge in [0.25, 0.3) is 0 Å². The maximum absolute atomic E-state index is 8.58. The van der Waals surface area contributed by atoms with Gasteiger partial charge in [0.05, 0.1) is 0 Å². The molecule has 1 aromatic rings. The van der Waals surface area contributed by atoms with Gasteiger partial charge >= 0.3 is 0 Å². The van der Waals surface area contributed by atoms with Gasteiger partial charge in [-0.2, -0.15) is 0 Å². The van der Waals surface area contributed by atoms with E-state index in [0.717, 1.165) is 5.82 Å². The van der Waals surface area contributed by atoms with E-state index in [1.165, 1.54) is 0 Å². The molecule has 0 aliphatic heterocycles. The van der Waals surface area contributed by atoms with Crippen LogP contribution in [0.25, 0.3) is 0 Å². The van der Waals surface area contributed by atoms with Crippen molar-refractivity contribution in [2.75, 3.05) is 0 Å². The zero-order chi connectivity index (χ0) is 7.98. The second-order valence-electron chi connectivity index (χ2n) is 1.72. The number of aryl methyl sites for hydroxylation is 2. The van der Waals surface area contributed by atoms with Crippen molar-refractivity contribution in [2.24, 2.45) is 12.8 Å². The second kappa shape index (κ2) is 4.55. The summed E-state index contributed by atoms with van der Waals surface area (Å²) in [6.45, 7) is 1.97. The van der Waals surface area contributed by atoms with Crippen LogP contribution >= 0.6 is 0 Å². The van der Waals surface area contributed by atoms with Crippen LogP contribution in [0.15, 0.2) is 12.4 Å². The summed E-state index contributed by atoms with van der Waals surface area (Å²) in [5.41, 5.74) is 4.17. The molecule has 0 aromatic carbocycles. The van der Waals surface area contributed by atoms with E-state index in [0.29, 0.717) is 0 Å². The molecule has 1 heterocycles. The average Bonchev–Trinajstić information content (AvgIpc) is 2.19. The summed E-state index contributed by atoms with van der Waals surface area (Å²) in [5, 5.41) is 0. The number of hydrogen-bond donors (Lipinski definition) is 1. The number of aromatic nitrogens is 2. The molecule has 4 heteroatoms. The van der Waals surface area contributed by atoms with Crippen molar-refractivity contribution in [1.29, 1.82) is 0 Å². The monoisotopic (exact) mass is 141 g/mol. The number of nitrogens with two attached hydrogens (primary N) is 1. The summed E-state index contributed by atoms with van der Waals surface area (Å²) in [6, 6.07) is 0. The lowest BCUT2D eigenvalue weighted by Crippen LogP contribution is -1.86. The van der Waals surface area contributed by atoms with E-state index < -0.39 is 0 Å². The lowest BCUT2D eigenvalue weighted by Gasteiger charge is -1.87. The molecule has 4 nitrogen and oxygen atoms in total. The molecule has 1 amide bonds. The molecule has 0 radical (unpaired) electrons. The van der Waals surface area contributed by atoms with Crippen LogP contribution < -0.4 is 5.73 Å². The molecule has 0 saturated carbocycles. The van der Waals surface area contributed by atoms with Crippen molar-refractivity contribution < 1.29 is 4.79 Å². The molecule has 0 atom stereocenters. The Kier molecular flexibility index (Phi) is 3.95. The third-order valence-electron chi connectivity index (χ3n) is 1.06. The smallest absolute Gasteiger partial charge is 0.204 e. The van der Waals surface area contributed by atoms with Crippen LogP contribution in [0.3, 0.4) is 0 Å². The van der Waals surface area contributed by atoms with Gasteiger partial charge in [-0.3, -0.25) is 4.79 Å². The minimum absolute atomic E-state index is 0.250. The van der Waals surface area contributed by atoms with Gasteiger partial charge in [0.1, 0.15) is 5.82 Å². The van der Waals surface area contributed by atoms with Crippen LogP contribution in [0.2, 0.25) is 0 Å². The first kappa shape index (κ1) is 8.68. The van der Waals surface area contributed by atoms with Crippen molar-refractivity contribution in [3.63, 3.8) is 0 Å². The van der Waals surface area contributed by atoms with E-state index in [1.807, 2.05) is 24.7 Å².